The van der Waals surface area contributed by atoms with Gasteiger partial charge in [-0.15, -0.1) is 0 Å². The predicted molar refractivity (Wildman–Crippen MR) is 63.9 cm³/mol. The quantitative estimate of drug-likeness (QED) is 0.914. The van der Waals surface area contributed by atoms with E-state index in [1.165, 1.54) is 6.20 Å². The molecule has 0 saturated heterocycles. The molecule has 0 aromatic carbocycles. The highest BCUT2D eigenvalue weighted by Crippen LogP contribution is 2.29. The van der Waals surface area contributed by atoms with Gasteiger partial charge < -0.3 is 5.73 Å². The van der Waals surface area contributed by atoms with E-state index >= 15 is 0 Å². The lowest BCUT2D eigenvalue weighted by atomic mass is 10.3. The van der Waals surface area contributed by atoms with Crippen LogP contribution in [0.25, 0.3) is 5.82 Å². The van der Waals surface area contributed by atoms with Crippen molar-refractivity contribution in [1.82, 2.24) is 19.6 Å². The number of hydrogen-bond donors (Lipinski definition) is 1. The molecule has 0 saturated carbocycles. The second-order valence-electron chi connectivity index (χ2n) is 4.50. The molecule has 0 aliphatic heterocycles. The van der Waals surface area contributed by atoms with Crippen molar-refractivity contribution in [2.24, 2.45) is 0 Å². The fourth-order valence-electron chi connectivity index (χ4n) is 1.73. The Bertz CT molecular complexity index is 594. The Hall–Kier alpha value is -1.99. The number of rotatable bonds is 2. The number of halogens is 3. The summed E-state index contributed by atoms with van der Waals surface area (Å²) in [5.74, 6) is 0.350. The van der Waals surface area contributed by atoms with Crippen LogP contribution in [0.15, 0.2) is 12.3 Å². The fraction of sp³-hybridized carbons (Fsp3) is 0.455. The average Bonchev–Trinajstić information content (AvgIpc) is 2.84. The summed E-state index contributed by atoms with van der Waals surface area (Å²) >= 11 is 0. The number of nitrogen functional groups attached to an aromatic ring is 1. The number of aromatic nitrogens is 4. The van der Waals surface area contributed by atoms with Crippen molar-refractivity contribution in [2.45, 2.75) is 33.0 Å². The zero-order valence-corrected chi connectivity index (χ0v) is 10.7. The van der Waals surface area contributed by atoms with Gasteiger partial charge in [0.15, 0.2) is 11.5 Å². The average molecular weight is 273 g/mol. The van der Waals surface area contributed by atoms with E-state index in [1.54, 1.807) is 11.6 Å². The van der Waals surface area contributed by atoms with Crippen LogP contribution < -0.4 is 5.73 Å². The van der Waals surface area contributed by atoms with Crippen molar-refractivity contribution >= 4 is 5.69 Å². The standard InChI is InChI=1S/C11H14F3N5/c1-6(2)19-10(9(15)7(3)16-19)18-5-4-8(17-18)11(12,13)14/h4-6H,15H2,1-3H3. The molecule has 2 heterocycles. The first kappa shape index (κ1) is 13.4. The van der Waals surface area contributed by atoms with Gasteiger partial charge in [-0.1, -0.05) is 0 Å². The summed E-state index contributed by atoms with van der Waals surface area (Å²) in [4.78, 5) is 0. The molecule has 0 fully saturated rings. The van der Waals surface area contributed by atoms with Crippen LogP contribution in [-0.4, -0.2) is 19.6 Å². The summed E-state index contributed by atoms with van der Waals surface area (Å²) in [6, 6.07) is 0.872. The second-order valence-corrected chi connectivity index (χ2v) is 4.50. The summed E-state index contributed by atoms with van der Waals surface area (Å²) in [5.41, 5.74) is 5.80. The first-order valence-corrected chi connectivity index (χ1v) is 5.69. The van der Waals surface area contributed by atoms with E-state index < -0.39 is 11.9 Å². The smallest absolute Gasteiger partial charge is 0.394 e. The van der Waals surface area contributed by atoms with Crippen molar-refractivity contribution < 1.29 is 13.2 Å². The molecule has 8 heteroatoms. The fourth-order valence-corrected chi connectivity index (χ4v) is 1.73. The molecule has 2 rings (SSSR count). The molecular weight excluding hydrogens is 259 g/mol. The van der Waals surface area contributed by atoms with Gasteiger partial charge in [-0.05, 0) is 26.8 Å². The number of hydrogen-bond acceptors (Lipinski definition) is 3. The maximum absolute atomic E-state index is 12.6. The third-order valence-corrected chi connectivity index (χ3v) is 2.69. The lowest BCUT2D eigenvalue weighted by Crippen LogP contribution is -2.13. The van der Waals surface area contributed by atoms with Gasteiger partial charge in [-0.2, -0.15) is 23.4 Å². The third-order valence-electron chi connectivity index (χ3n) is 2.69. The van der Waals surface area contributed by atoms with Crippen LogP contribution in [0.5, 0.6) is 0 Å². The molecule has 0 bridgehead atoms. The highest BCUT2D eigenvalue weighted by atomic mass is 19.4. The van der Waals surface area contributed by atoms with E-state index in [2.05, 4.69) is 10.2 Å². The number of anilines is 1. The number of nitrogens with zero attached hydrogens (tertiary/aromatic N) is 4. The molecule has 0 spiro atoms. The third kappa shape index (κ3) is 2.29. The van der Waals surface area contributed by atoms with Crippen LogP contribution >= 0.6 is 0 Å². The molecule has 0 unspecified atom stereocenters. The SMILES string of the molecule is Cc1nn(C(C)C)c(-n2ccc(C(F)(F)F)n2)c1N. The topological polar surface area (TPSA) is 61.7 Å². The minimum atomic E-state index is -4.47. The molecule has 0 radical (unpaired) electrons. The predicted octanol–water partition coefficient (Wildman–Crippen LogP) is 2.56. The van der Waals surface area contributed by atoms with Crippen molar-refractivity contribution in [1.29, 1.82) is 0 Å². The lowest BCUT2D eigenvalue weighted by Gasteiger charge is -2.11. The number of alkyl halides is 3. The van der Waals surface area contributed by atoms with Gasteiger partial charge in [-0.25, -0.2) is 9.36 Å². The van der Waals surface area contributed by atoms with Crippen LogP contribution in [0, 0.1) is 6.92 Å². The Labute approximate surface area is 107 Å². The molecule has 0 aliphatic carbocycles. The van der Waals surface area contributed by atoms with Gasteiger partial charge in [0.1, 0.15) is 0 Å². The summed E-state index contributed by atoms with van der Waals surface area (Å²) in [5, 5.41) is 7.73. The summed E-state index contributed by atoms with van der Waals surface area (Å²) < 4.78 is 40.3. The molecule has 2 aromatic heterocycles. The van der Waals surface area contributed by atoms with Crippen LogP contribution in [0.4, 0.5) is 18.9 Å². The largest absolute Gasteiger partial charge is 0.435 e. The normalized spacial score (nSPS) is 12.4. The van der Waals surface area contributed by atoms with Gasteiger partial charge >= 0.3 is 6.18 Å². The molecule has 104 valence electrons. The van der Waals surface area contributed by atoms with Gasteiger partial charge in [0, 0.05) is 12.2 Å². The zero-order chi connectivity index (χ0) is 14.4. The summed E-state index contributed by atoms with van der Waals surface area (Å²) in [7, 11) is 0. The first-order valence-electron chi connectivity index (χ1n) is 5.69. The summed E-state index contributed by atoms with van der Waals surface area (Å²) in [6.07, 6.45) is -3.24. The lowest BCUT2D eigenvalue weighted by molar-refractivity contribution is -0.141. The molecular formula is C11H14F3N5. The molecule has 0 atom stereocenters. The Morgan fingerprint density at radius 2 is 1.89 bits per heavy atom. The van der Waals surface area contributed by atoms with E-state index in [-0.39, 0.29) is 6.04 Å². The maximum atomic E-state index is 12.6. The molecule has 19 heavy (non-hydrogen) atoms. The van der Waals surface area contributed by atoms with Gasteiger partial charge in [0.2, 0.25) is 0 Å². The minimum Gasteiger partial charge on any atom is -0.394 e. The second kappa shape index (κ2) is 4.29. The Kier molecular flexibility index (Phi) is 3.03. The van der Waals surface area contributed by atoms with Crippen molar-refractivity contribution in [3.8, 4) is 5.82 Å². The van der Waals surface area contributed by atoms with Crippen molar-refractivity contribution in [3.05, 3.63) is 23.7 Å². The Morgan fingerprint density at radius 3 is 2.37 bits per heavy atom. The number of aryl methyl sites for hydroxylation is 1. The molecule has 5 nitrogen and oxygen atoms in total. The molecule has 2 N–H and O–H groups in total. The molecule has 2 aromatic rings. The van der Waals surface area contributed by atoms with Gasteiger partial charge in [0.25, 0.3) is 0 Å². The van der Waals surface area contributed by atoms with E-state index in [1.807, 2.05) is 13.8 Å². The van der Waals surface area contributed by atoms with Gasteiger partial charge in [-0.3, -0.25) is 0 Å². The Balaban J connectivity index is 2.56. The van der Waals surface area contributed by atoms with E-state index in [0.29, 0.717) is 17.2 Å². The zero-order valence-electron chi connectivity index (χ0n) is 10.7. The summed E-state index contributed by atoms with van der Waals surface area (Å²) in [6.45, 7) is 5.43. The van der Waals surface area contributed by atoms with Crippen molar-refractivity contribution in [3.63, 3.8) is 0 Å². The maximum Gasteiger partial charge on any atom is 0.435 e. The van der Waals surface area contributed by atoms with E-state index in [4.69, 9.17) is 5.73 Å². The van der Waals surface area contributed by atoms with Crippen LogP contribution in [0.1, 0.15) is 31.3 Å². The first-order chi connectivity index (χ1) is 8.71. The molecule has 0 amide bonds. The van der Waals surface area contributed by atoms with Crippen LogP contribution in [-0.2, 0) is 6.18 Å². The Morgan fingerprint density at radius 1 is 1.26 bits per heavy atom. The van der Waals surface area contributed by atoms with Crippen molar-refractivity contribution in [2.75, 3.05) is 5.73 Å². The highest BCUT2D eigenvalue weighted by Gasteiger charge is 2.34. The van der Waals surface area contributed by atoms with E-state index in [9.17, 15) is 13.2 Å². The van der Waals surface area contributed by atoms with Gasteiger partial charge in [0.05, 0.1) is 11.4 Å². The van der Waals surface area contributed by atoms with E-state index in [0.717, 1.165) is 10.7 Å². The highest BCUT2D eigenvalue weighted by molar-refractivity contribution is 5.57. The minimum absolute atomic E-state index is 0.0375. The monoisotopic (exact) mass is 273 g/mol. The number of nitrogens with two attached hydrogens (primary N) is 1. The van der Waals surface area contributed by atoms with Crippen LogP contribution in [0.2, 0.25) is 0 Å². The molecule has 0 aliphatic rings. The van der Waals surface area contributed by atoms with Crippen LogP contribution in [0.3, 0.4) is 0 Å².